The molecule has 0 unspecified atom stereocenters. The van der Waals surface area contributed by atoms with Gasteiger partial charge < -0.3 is 10.1 Å². The monoisotopic (exact) mass is 292 g/mol. The molecule has 116 valence electrons. The molecule has 5 heteroatoms. The summed E-state index contributed by atoms with van der Waals surface area (Å²) in [4.78, 5) is 25.3. The van der Waals surface area contributed by atoms with Crippen LogP contribution in [0.5, 0.6) is 0 Å². The fourth-order valence-electron chi connectivity index (χ4n) is 2.06. The van der Waals surface area contributed by atoms with Gasteiger partial charge in [0, 0.05) is 5.69 Å². The number of amides is 1. The Hall–Kier alpha value is -1.88. The number of esters is 1. The second-order valence-electron chi connectivity index (χ2n) is 5.08. The van der Waals surface area contributed by atoms with Crippen LogP contribution in [-0.4, -0.2) is 43.5 Å². The summed E-state index contributed by atoms with van der Waals surface area (Å²) in [6, 6.07) is 5.80. The van der Waals surface area contributed by atoms with Crippen molar-refractivity contribution in [2.75, 3.05) is 32.1 Å². The summed E-state index contributed by atoms with van der Waals surface area (Å²) in [5, 5.41) is 2.90. The Kier molecular flexibility index (Phi) is 6.88. The number of methoxy groups -OCH3 is 1. The molecule has 0 aliphatic heterocycles. The fourth-order valence-corrected chi connectivity index (χ4v) is 2.06. The average Bonchev–Trinajstić information content (AvgIpc) is 2.44. The predicted octanol–water partition coefficient (Wildman–Crippen LogP) is 2.13. The molecule has 1 amide bonds. The van der Waals surface area contributed by atoms with E-state index in [1.807, 2.05) is 39.0 Å². The summed E-state index contributed by atoms with van der Waals surface area (Å²) in [6.07, 6.45) is 0.869. The van der Waals surface area contributed by atoms with E-state index in [0.29, 0.717) is 6.54 Å². The molecule has 0 aliphatic rings. The Bertz CT molecular complexity index is 500. The molecule has 0 saturated heterocycles. The summed E-state index contributed by atoms with van der Waals surface area (Å²) in [6.45, 7) is 6.97. The number of hydrogen-bond donors (Lipinski definition) is 1. The van der Waals surface area contributed by atoms with Gasteiger partial charge in [-0.2, -0.15) is 0 Å². The molecule has 0 aromatic heterocycles. The average molecular weight is 292 g/mol. The van der Waals surface area contributed by atoms with Gasteiger partial charge >= 0.3 is 5.97 Å². The van der Waals surface area contributed by atoms with E-state index in [1.54, 1.807) is 4.90 Å². The molecule has 0 spiro atoms. The Morgan fingerprint density at radius 3 is 2.57 bits per heavy atom. The van der Waals surface area contributed by atoms with Gasteiger partial charge in [-0.25, -0.2) is 0 Å². The highest BCUT2D eigenvalue weighted by Crippen LogP contribution is 2.17. The summed E-state index contributed by atoms with van der Waals surface area (Å²) in [5.41, 5.74) is 3.00. The first-order valence-electron chi connectivity index (χ1n) is 7.13. The van der Waals surface area contributed by atoms with Crippen molar-refractivity contribution in [1.29, 1.82) is 0 Å². The van der Waals surface area contributed by atoms with Gasteiger partial charge in [0.2, 0.25) is 5.91 Å². The van der Waals surface area contributed by atoms with Gasteiger partial charge in [0.15, 0.2) is 0 Å². The molecule has 0 aliphatic carbocycles. The van der Waals surface area contributed by atoms with Gasteiger partial charge in [-0.3, -0.25) is 14.5 Å². The Labute approximate surface area is 126 Å². The van der Waals surface area contributed by atoms with Crippen LogP contribution in [0.15, 0.2) is 18.2 Å². The van der Waals surface area contributed by atoms with Gasteiger partial charge in [0.1, 0.15) is 0 Å². The molecule has 5 nitrogen and oxygen atoms in total. The third kappa shape index (κ3) is 5.55. The molecular formula is C16H24N2O3. The van der Waals surface area contributed by atoms with Crippen molar-refractivity contribution in [1.82, 2.24) is 4.90 Å². The lowest BCUT2D eigenvalue weighted by molar-refractivity contribution is -0.142. The first kappa shape index (κ1) is 17.2. The number of anilines is 1. The molecular weight excluding hydrogens is 268 g/mol. The molecule has 0 bridgehead atoms. The van der Waals surface area contributed by atoms with Crippen molar-refractivity contribution in [2.45, 2.75) is 27.2 Å². The quantitative estimate of drug-likeness (QED) is 0.782. The maximum Gasteiger partial charge on any atom is 0.319 e. The van der Waals surface area contributed by atoms with Crippen molar-refractivity contribution < 1.29 is 14.3 Å². The zero-order chi connectivity index (χ0) is 15.8. The van der Waals surface area contributed by atoms with Gasteiger partial charge in [-0.05, 0) is 44.0 Å². The fraction of sp³-hybridized carbons (Fsp3) is 0.500. The van der Waals surface area contributed by atoms with Crippen LogP contribution >= 0.6 is 0 Å². The van der Waals surface area contributed by atoms with E-state index in [0.717, 1.165) is 23.2 Å². The lowest BCUT2D eigenvalue weighted by Gasteiger charge is -2.20. The molecule has 0 heterocycles. The van der Waals surface area contributed by atoms with E-state index in [9.17, 15) is 9.59 Å². The summed E-state index contributed by atoms with van der Waals surface area (Å²) < 4.78 is 4.65. The molecule has 0 fully saturated rings. The highest BCUT2D eigenvalue weighted by Gasteiger charge is 2.15. The van der Waals surface area contributed by atoms with Crippen LogP contribution in [0.3, 0.4) is 0 Å². The van der Waals surface area contributed by atoms with Crippen LogP contribution < -0.4 is 5.32 Å². The van der Waals surface area contributed by atoms with Crippen LogP contribution in [0, 0.1) is 13.8 Å². The SMILES string of the molecule is CCCN(CC(=O)Nc1cccc(C)c1C)CC(=O)OC. The van der Waals surface area contributed by atoms with Crippen molar-refractivity contribution in [2.24, 2.45) is 0 Å². The number of rotatable bonds is 7. The number of aryl methyl sites for hydroxylation is 1. The highest BCUT2D eigenvalue weighted by molar-refractivity contribution is 5.93. The first-order chi connectivity index (χ1) is 9.97. The van der Waals surface area contributed by atoms with Crippen LogP contribution in [-0.2, 0) is 14.3 Å². The smallest absolute Gasteiger partial charge is 0.319 e. The van der Waals surface area contributed by atoms with Crippen molar-refractivity contribution in [3.05, 3.63) is 29.3 Å². The zero-order valence-corrected chi connectivity index (χ0v) is 13.2. The zero-order valence-electron chi connectivity index (χ0n) is 13.2. The second kappa shape index (κ2) is 8.42. The highest BCUT2D eigenvalue weighted by atomic mass is 16.5. The summed E-state index contributed by atoms with van der Waals surface area (Å²) in [5.74, 6) is -0.455. The molecule has 1 aromatic rings. The molecule has 1 aromatic carbocycles. The minimum atomic E-state index is -0.331. The third-order valence-electron chi connectivity index (χ3n) is 3.37. The van der Waals surface area contributed by atoms with E-state index in [-0.39, 0.29) is 25.0 Å². The van der Waals surface area contributed by atoms with Crippen molar-refractivity contribution >= 4 is 17.6 Å². The standard InChI is InChI=1S/C16H24N2O3/c1-5-9-18(11-16(20)21-4)10-15(19)17-14-8-6-7-12(2)13(14)3/h6-8H,5,9-11H2,1-4H3,(H,17,19). The molecule has 21 heavy (non-hydrogen) atoms. The number of carbonyl (C=O) groups excluding carboxylic acids is 2. The van der Waals surface area contributed by atoms with Gasteiger partial charge in [-0.1, -0.05) is 19.1 Å². The van der Waals surface area contributed by atoms with Gasteiger partial charge in [0.25, 0.3) is 0 Å². The van der Waals surface area contributed by atoms with Crippen LogP contribution in [0.4, 0.5) is 5.69 Å². The van der Waals surface area contributed by atoms with Crippen molar-refractivity contribution in [3.63, 3.8) is 0 Å². The van der Waals surface area contributed by atoms with E-state index in [4.69, 9.17) is 0 Å². The van der Waals surface area contributed by atoms with E-state index < -0.39 is 0 Å². The van der Waals surface area contributed by atoms with E-state index in [1.165, 1.54) is 7.11 Å². The Morgan fingerprint density at radius 2 is 1.95 bits per heavy atom. The number of carbonyl (C=O) groups is 2. The van der Waals surface area contributed by atoms with Crippen LogP contribution in [0.25, 0.3) is 0 Å². The number of nitrogens with one attached hydrogen (secondary N) is 1. The minimum absolute atomic E-state index is 0.124. The number of benzene rings is 1. The molecule has 1 N–H and O–H groups in total. The lowest BCUT2D eigenvalue weighted by atomic mass is 10.1. The summed E-state index contributed by atoms with van der Waals surface area (Å²) in [7, 11) is 1.35. The lowest BCUT2D eigenvalue weighted by Crippen LogP contribution is -2.37. The topological polar surface area (TPSA) is 58.6 Å². The number of ether oxygens (including phenoxy) is 1. The third-order valence-corrected chi connectivity index (χ3v) is 3.37. The van der Waals surface area contributed by atoms with E-state index in [2.05, 4.69) is 10.1 Å². The second-order valence-corrected chi connectivity index (χ2v) is 5.08. The molecule has 1 rings (SSSR count). The largest absolute Gasteiger partial charge is 0.468 e. The predicted molar refractivity (Wildman–Crippen MR) is 83.3 cm³/mol. The Balaban J connectivity index is 2.65. The summed E-state index contributed by atoms with van der Waals surface area (Å²) >= 11 is 0. The number of nitrogens with zero attached hydrogens (tertiary/aromatic N) is 1. The van der Waals surface area contributed by atoms with Crippen LogP contribution in [0.2, 0.25) is 0 Å². The number of hydrogen-bond acceptors (Lipinski definition) is 4. The molecule has 0 atom stereocenters. The molecule has 0 radical (unpaired) electrons. The van der Waals surface area contributed by atoms with Crippen LogP contribution in [0.1, 0.15) is 24.5 Å². The first-order valence-corrected chi connectivity index (χ1v) is 7.13. The van der Waals surface area contributed by atoms with Gasteiger partial charge in [-0.15, -0.1) is 0 Å². The van der Waals surface area contributed by atoms with E-state index >= 15 is 0 Å². The maximum absolute atomic E-state index is 12.1. The van der Waals surface area contributed by atoms with Gasteiger partial charge in [0.05, 0.1) is 20.2 Å². The Morgan fingerprint density at radius 1 is 1.24 bits per heavy atom. The maximum atomic E-state index is 12.1. The minimum Gasteiger partial charge on any atom is -0.468 e. The van der Waals surface area contributed by atoms with Crippen molar-refractivity contribution in [3.8, 4) is 0 Å². The molecule has 0 saturated carbocycles. The normalized spacial score (nSPS) is 10.5.